The van der Waals surface area contributed by atoms with Crippen LogP contribution in [0.5, 0.6) is 0 Å². The van der Waals surface area contributed by atoms with E-state index in [-0.39, 0.29) is 18.6 Å². The van der Waals surface area contributed by atoms with Gasteiger partial charge in [0, 0.05) is 24.6 Å². The summed E-state index contributed by atoms with van der Waals surface area (Å²) >= 11 is 1.54. The highest BCUT2D eigenvalue weighted by Gasteiger charge is 2.29. The minimum absolute atomic E-state index is 0.0481. The van der Waals surface area contributed by atoms with Crippen LogP contribution in [0, 0.1) is 5.92 Å². The molecule has 0 radical (unpaired) electrons. The fourth-order valence-electron chi connectivity index (χ4n) is 2.29. The van der Waals surface area contributed by atoms with Crippen LogP contribution in [0.4, 0.5) is 0 Å². The first-order chi connectivity index (χ1) is 9.03. The molecule has 108 valence electrons. The Morgan fingerprint density at radius 3 is 3.05 bits per heavy atom. The zero-order valence-corrected chi connectivity index (χ0v) is 12.6. The summed E-state index contributed by atoms with van der Waals surface area (Å²) < 4.78 is 28.7. The molecule has 0 aromatic carbocycles. The first-order valence-electron chi connectivity index (χ1n) is 6.44. The molecule has 1 aromatic rings. The molecule has 0 bridgehead atoms. The number of rotatable bonds is 5. The Balaban J connectivity index is 2.01. The van der Waals surface area contributed by atoms with Crippen molar-refractivity contribution in [3.8, 4) is 0 Å². The Morgan fingerprint density at radius 2 is 2.42 bits per heavy atom. The Kier molecular flexibility index (Phi) is 4.97. The van der Waals surface area contributed by atoms with Gasteiger partial charge in [-0.1, -0.05) is 6.07 Å². The average molecular weight is 304 g/mol. The highest BCUT2D eigenvalue weighted by Crippen LogP contribution is 2.22. The maximum absolute atomic E-state index is 12.3. The maximum atomic E-state index is 12.3. The molecule has 7 heteroatoms. The predicted molar refractivity (Wildman–Crippen MR) is 76.2 cm³/mol. The van der Waals surface area contributed by atoms with Gasteiger partial charge in [0.1, 0.15) is 0 Å². The molecule has 0 saturated carbocycles. The van der Waals surface area contributed by atoms with E-state index in [1.54, 1.807) is 0 Å². The lowest BCUT2D eigenvalue weighted by Gasteiger charge is -2.31. The molecule has 0 amide bonds. The molecule has 0 aliphatic carbocycles. The molecule has 5 nitrogen and oxygen atoms in total. The molecule has 2 rings (SSSR count). The van der Waals surface area contributed by atoms with E-state index in [1.165, 1.54) is 15.6 Å². The molecule has 1 fully saturated rings. The van der Waals surface area contributed by atoms with Gasteiger partial charge < -0.3 is 5.11 Å². The van der Waals surface area contributed by atoms with Crippen molar-refractivity contribution in [1.29, 1.82) is 0 Å². The second-order valence-corrected chi connectivity index (χ2v) is 7.59. The highest BCUT2D eigenvalue weighted by molar-refractivity contribution is 7.87. The minimum atomic E-state index is -3.47. The molecular formula is C12H20N2O3S2. The van der Waals surface area contributed by atoms with Gasteiger partial charge in [-0.05, 0) is 37.1 Å². The molecule has 1 aliphatic heterocycles. The number of hydrogen-bond donors (Lipinski definition) is 2. The minimum Gasteiger partial charge on any atom is -0.396 e. The van der Waals surface area contributed by atoms with Gasteiger partial charge in [0.2, 0.25) is 0 Å². The lowest BCUT2D eigenvalue weighted by molar-refractivity contribution is 0.164. The molecular weight excluding hydrogens is 284 g/mol. The second-order valence-electron chi connectivity index (χ2n) is 4.91. The van der Waals surface area contributed by atoms with Crippen LogP contribution in [0.15, 0.2) is 17.5 Å². The van der Waals surface area contributed by atoms with Gasteiger partial charge in [-0.15, -0.1) is 11.3 Å². The van der Waals surface area contributed by atoms with E-state index in [9.17, 15) is 8.42 Å². The van der Waals surface area contributed by atoms with Crippen molar-refractivity contribution in [2.45, 2.75) is 25.8 Å². The van der Waals surface area contributed by atoms with E-state index >= 15 is 0 Å². The Labute approximate surface area is 118 Å². The lowest BCUT2D eigenvalue weighted by atomic mass is 10.0. The van der Waals surface area contributed by atoms with Crippen molar-refractivity contribution in [3.63, 3.8) is 0 Å². The van der Waals surface area contributed by atoms with E-state index in [0.717, 1.165) is 17.7 Å². The van der Waals surface area contributed by atoms with Crippen molar-refractivity contribution in [2.75, 3.05) is 19.7 Å². The number of hydrogen-bond acceptors (Lipinski definition) is 4. The number of nitrogens with one attached hydrogen (secondary N) is 1. The Morgan fingerprint density at radius 1 is 1.63 bits per heavy atom. The van der Waals surface area contributed by atoms with E-state index in [1.807, 2.05) is 24.4 Å². The van der Waals surface area contributed by atoms with Crippen LogP contribution in [0.3, 0.4) is 0 Å². The monoisotopic (exact) mass is 304 g/mol. The first kappa shape index (κ1) is 14.9. The van der Waals surface area contributed by atoms with Crippen LogP contribution in [-0.2, 0) is 10.2 Å². The molecule has 1 aliphatic rings. The fraction of sp³-hybridized carbons (Fsp3) is 0.667. The molecule has 1 aromatic heterocycles. The third-order valence-electron chi connectivity index (χ3n) is 3.38. The topological polar surface area (TPSA) is 69.6 Å². The summed E-state index contributed by atoms with van der Waals surface area (Å²) in [4.78, 5) is 0.999. The summed E-state index contributed by atoms with van der Waals surface area (Å²) in [6, 6.07) is 3.61. The first-order valence-corrected chi connectivity index (χ1v) is 8.76. The van der Waals surface area contributed by atoms with Crippen LogP contribution >= 0.6 is 11.3 Å². The summed E-state index contributed by atoms with van der Waals surface area (Å²) in [6.45, 7) is 2.83. The third kappa shape index (κ3) is 3.76. The largest absolute Gasteiger partial charge is 0.396 e. The van der Waals surface area contributed by atoms with Crippen LogP contribution in [0.25, 0.3) is 0 Å². The predicted octanol–water partition coefficient (Wildman–Crippen LogP) is 1.35. The molecule has 19 heavy (non-hydrogen) atoms. The van der Waals surface area contributed by atoms with Crippen molar-refractivity contribution in [3.05, 3.63) is 22.4 Å². The maximum Gasteiger partial charge on any atom is 0.280 e. The van der Waals surface area contributed by atoms with Crippen LogP contribution in [-0.4, -0.2) is 37.5 Å². The van der Waals surface area contributed by atoms with Crippen molar-refractivity contribution in [1.82, 2.24) is 9.03 Å². The SMILES string of the molecule is CC(NS(=O)(=O)N1CCCC(CO)C1)c1cccs1. The zero-order valence-electron chi connectivity index (χ0n) is 10.9. The molecule has 2 heterocycles. The second kappa shape index (κ2) is 6.32. The summed E-state index contributed by atoms with van der Waals surface area (Å²) in [5, 5.41) is 11.1. The van der Waals surface area contributed by atoms with Crippen molar-refractivity contribution < 1.29 is 13.5 Å². The van der Waals surface area contributed by atoms with Crippen molar-refractivity contribution >= 4 is 21.5 Å². The summed E-state index contributed by atoms with van der Waals surface area (Å²) in [5.74, 6) is 0.0577. The molecule has 2 N–H and O–H groups in total. The average Bonchev–Trinajstić information content (AvgIpc) is 2.92. The summed E-state index contributed by atoms with van der Waals surface area (Å²) in [5.41, 5.74) is 0. The summed E-state index contributed by atoms with van der Waals surface area (Å²) in [6.07, 6.45) is 1.70. The number of aliphatic hydroxyl groups excluding tert-OH is 1. The van der Waals surface area contributed by atoms with Gasteiger partial charge in [-0.3, -0.25) is 0 Å². The van der Waals surface area contributed by atoms with Gasteiger partial charge in [0.05, 0.1) is 6.04 Å². The van der Waals surface area contributed by atoms with E-state index in [2.05, 4.69) is 4.72 Å². The Bertz CT molecular complexity index is 487. The van der Waals surface area contributed by atoms with E-state index in [0.29, 0.717) is 13.1 Å². The molecule has 2 unspecified atom stereocenters. The Hall–Kier alpha value is -0.470. The molecule has 2 atom stereocenters. The fourth-order valence-corrected chi connectivity index (χ4v) is 4.60. The number of thiophene rings is 1. The standard InChI is InChI=1S/C12H20N2O3S2/c1-10(12-5-3-7-18-12)13-19(16,17)14-6-2-4-11(8-14)9-15/h3,5,7,10-11,13,15H,2,4,6,8-9H2,1H3. The van der Waals surface area contributed by atoms with Crippen LogP contribution in [0.1, 0.15) is 30.7 Å². The van der Waals surface area contributed by atoms with Crippen LogP contribution in [0.2, 0.25) is 0 Å². The highest BCUT2D eigenvalue weighted by atomic mass is 32.2. The van der Waals surface area contributed by atoms with Crippen molar-refractivity contribution in [2.24, 2.45) is 5.92 Å². The van der Waals surface area contributed by atoms with Gasteiger partial charge in [0.15, 0.2) is 0 Å². The quantitative estimate of drug-likeness (QED) is 0.862. The molecule has 1 saturated heterocycles. The van der Waals surface area contributed by atoms with Gasteiger partial charge in [-0.25, -0.2) is 0 Å². The number of aliphatic hydroxyl groups is 1. The molecule has 0 spiro atoms. The van der Waals surface area contributed by atoms with Gasteiger partial charge in [-0.2, -0.15) is 17.4 Å². The summed E-state index contributed by atoms with van der Waals surface area (Å²) in [7, 11) is -3.47. The zero-order chi connectivity index (χ0) is 13.9. The smallest absolute Gasteiger partial charge is 0.280 e. The van der Waals surface area contributed by atoms with Gasteiger partial charge >= 0.3 is 0 Å². The normalized spacial score (nSPS) is 23.4. The number of piperidine rings is 1. The van der Waals surface area contributed by atoms with E-state index < -0.39 is 10.2 Å². The van der Waals surface area contributed by atoms with Crippen LogP contribution < -0.4 is 4.72 Å². The number of nitrogens with zero attached hydrogens (tertiary/aromatic N) is 1. The third-order valence-corrected chi connectivity index (χ3v) is 6.09. The van der Waals surface area contributed by atoms with E-state index in [4.69, 9.17) is 5.11 Å². The van der Waals surface area contributed by atoms with Gasteiger partial charge in [0.25, 0.3) is 10.2 Å². The lowest BCUT2D eigenvalue weighted by Crippen LogP contribution is -2.47.